The van der Waals surface area contributed by atoms with E-state index in [1.165, 1.54) is 11.1 Å². The number of para-hydroxylation sites is 3. The van der Waals surface area contributed by atoms with Crippen molar-refractivity contribution in [1.29, 1.82) is 0 Å². The summed E-state index contributed by atoms with van der Waals surface area (Å²) in [6.45, 7) is 0. The predicted molar refractivity (Wildman–Crippen MR) is 129 cm³/mol. The Bertz CT molecular complexity index is 1280. The van der Waals surface area contributed by atoms with E-state index < -0.39 is 5.41 Å². The number of fused-ring (bicyclic) bond motifs is 2. The van der Waals surface area contributed by atoms with Crippen LogP contribution in [0, 0.1) is 0 Å². The summed E-state index contributed by atoms with van der Waals surface area (Å²) in [5.41, 5.74) is 7.03. The van der Waals surface area contributed by atoms with Gasteiger partial charge in [0.2, 0.25) is 0 Å². The molecular formula is C29H21N3. The minimum atomic E-state index is -0.624. The largest absolute Gasteiger partial charge is 0.310 e. The highest BCUT2D eigenvalue weighted by Gasteiger charge is 2.48. The molecule has 0 bridgehead atoms. The fourth-order valence-electron chi connectivity index (χ4n) is 4.95. The van der Waals surface area contributed by atoms with Crippen LogP contribution in [-0.4, -0.2) is 9.97 Å². The van der Waals surface area contributed by atoms with Gasteiger partial charge in [0.1, 0.15) is 5.41 Å². The zero-order valence-electron chi connectivity index (χ0n) is 17.5. The summed E-state index contributed by atoms with van der Waals surface area (Å²) in [6, 6.07) is 40.0. The van der Waals surface area contributed by atoms with Crippen LogP contribution in [0.4, 0.5) is 17.1 Å². The summed E-state index contributed by atoms with van der Waals surface area (Å²) < 4.78 is 0. The number of rotatable bonds is 3. The van der Waals surface area contributed by atoms with Crippen LogP contribution >= 0.6 is 0 Å². The highest BCUT2D eigenvalue weighted by Crippen LogP contribution is 2.56. The van der Waals surface area contributed by atoms with Crippen LogP contribution in [0.25, 0.3) is 0 Å². The van der Waals surface area contributed by atoms with Crippen molar-refractivity contribution >= 4 is 17.1 Å². The Hall–Kier alpha value is -4.24. The molecule has 0 unspecified atom stereocenters. The molecular weight excluding hydrogens is 390 g/mol. The highest BCUT2D eigenvalue weighted by molar-refractivity contribution is 5.88. The average Bonchev–Trinajstić information content (AvgIpc) is 2.89. The summed E-state index contributed by atoms with van der Waals surface area (Å²) in [5.74, 6) is 0. The van der Waals surface area contributed by atoms with E-state index in [-0.39, 0.29) is 0 Å². The van der Waals surface area contributed by atoms with Crippen molar-refractivity contribution in [2.45, 2.75) is 5.41 Å². The zero-order chi connectivity index (χ0) is 21.4. The second-order valence-electron chi connectivity index (χ2n) is 7.89. The van der Waals surface area contributed by atoms with Gasteiger partial charge < -0.3 is 4.90 Å². The molecule has 3 aromatic carbocycles. The first kappa shape index (κ1) is 18.5. The van der Waals surface area contributed by atoms with E-state index in [1.807, 2.05) is 24.5 Å². The lowest BCUT2D eigenvalue weighted by molar-refractivity contribution is 0.677. The van der Waals surface area contributed by atoms with Crippen molar-refractivity contribution in [1.82, 2.24) is 9.97 Å². The second kappa shape index (κ2) is 7.47. The van der Waals surface area contributed by atoms with Gasteiger partial charge in [-0.2, -0.15) is 0 Å². The quantitative estimate of drug-likeness (QED) is 0.327. The van der Waals surface area contributed by atoms with Crippen molar-refractivity contribution in [3.05, 3.63) is 150 Å². The molecule has 3 nitrogen and oxygen atoms in total. The van der Waals surface area contributed by atoms with Gasteiger partial charge in [-0.25, -0.2) is 0 Å². The molecule has 2 aromatic heterocycles. The van der Waals surface area contributed by atoms with E-state index in [2.05, 4.69) is 108 Å². The third-order valence-electron chi connectivity index (χ3n) is 6.21. The molecule has 0 amide bonds. The predicted octanol–water partition coefficient (Wildman–Crippen LogP) is 6.64. The minimum Gasteiger partial charge on any atom is -0.310 e. The fraction of sp³-hybridized carbons (Fsp3) is 0.0345. The van der Waals surface area contributed by atoms with E-state index in [4.69, 9.17) is 9.97 Å². The first-order valence-corrected chi connectivity index (χ1v) is 10.8. The van der Waals surface area contributed by atoms with Crippen LogP contribution in [-0.2, 0) is 5.41 Å². The molecule has 32 heavy (non-hydrogen) atoms. The summed E-state index contributed by atoms with van der Waals surface area (Å²) in [5, 5.41) is 0. The molecule has 0 aliphatic carbocycles. The summed E-state index contributed by atoms with van der Waals surface area (Å²) >= 11 is 0. The normalized spacial score (nSPS) is 13.8. The van der Waals surface area contributed by atoms with Crippen LogP contribution < -0.4 is 4.90 Å². The average molecular weight is 412 g/mol. The molecule has 3 heterocycles. The Balaban J connectivity index is 1.78. The van der Waals surface area contributed by atoms with E-state index in [0.717, 1.165) is 28.5 Å². The Morgan fingerprint density at radius 1 is 0.469 bits per heavy atom. The molecule has 1 aliphatic heterocycles. The number of hydrogen-bond donors (Lipinski definition) is 0. The number of hydrogen-bond acceptors (Lipinski definition) is 3. The smallest absolute Gasteiger partial charge is 0.108 e. The lowest BCUT2D eigenvalue weighted by atomic mass is 9.66. The first-order valence-electron chi connectivity index (χ1n) is 10.8. The van der Waals surface area contributed by atoms with Gasteiger partial charge in [-0.1, -0.05) is 66.7 Å². The van der Waals surface area contributed by atoms with Gasteiger partial charge in [0.15, 0.2) is 0 Å². The molecule has 6 rings (SSSR count). The van der Waals surface area contributed by atoms with Crippen LogP contribution in [0.2, 0.25) is 0 Å². The van der Waals surface area contributed by atoms with E-state index in [0.29, 0.717) is 0 Å². The van der Waals surface area contributed by atoms with Crippen molar-refractivity contribution in [3.63, 3.8) is 0 Å². The van der Waals surface area contributed by atoms with Gasteiger partial charge in [0, 0.05) is 18.1 Å². The topological polar surface area (TPSA) is 29.0 Å². The number of anilines is 3. The van der Waals surface area contributed by atoms with Crippen LogP contribution in [0.5, 0.6) is 0 Å². The number of aromatic nitrogens is 2. The lowest BCUT2D eigenvalue weighted by Gasteiger charge is -2.45. The fourth-order valence-corrected chi connectivity index (χ4v) is 4.95. The van der Waals surface area contributed by atoms with Gasteiger partial charge in [-0.3, -0.25) is 9.97 Å². The Labute approximate surface area is 187 Å². The maximum absolute atomic E-state index is 4.89. The van der Waals surface area contributed by atoms with Crippen molar-refractivity contribution in [3.8, 4) is 0 Å². The summed E-state index contributed by atoms with van der Waals surface area (Å²) in [6.07, 6.45) is 3.74. The van der Waals surface area contributed by atoms with Crippen molar-refractivity contribution < 1.29 is 0 Å². The molecule has 0 saturated carbocycles. The monoisotopic (exact) mass is 411 g/mol. The molecule has 3 heteroatoms. The molecule has 1 aliphatic rings. The maximum atomic E-state index is 4.89. The second-order valence-corrected chi connectivity index (χ2v) is 7.89. The summed E-state index contributed by atoms with van der Waals surface area (Å²) in [4.78, 5) is 12.1. The maximum Gasteiger partial charge on any atom is 0.108 e. The van der Waals surface area contributed by atoms with Crippen molar-refractivity contribution in [2.24, 2.45) is 0 Å². The Kier molecular flexibility index (Phi) is 4.32. The van der Waals surface area contributed by atoms with Gasteiger partial charge >= 0.3 is 0 Å². The minimum absolute atomic E-state index is 0.624. The number of benzene rings is 3. The molecule has 152 valence electrons. The highest BCUT2D eigenvalue weighted by atomic mass is 15.2. The molecule has 0 saturated heterocycles. The van der Waals surface area contributed by atoms with Gasteiger partial charge in [-0.05, 0) is 59.7 Å². The number of nitrogens with zero attached hydrogens (tertiary/aromatic N) is 3. The molecule has 0 radical (unpaired) electrons. The molecule has 5 aromatic rings. The third-order valence-corrected chi connectivity index (χ3v) is 6.21. The third kappa shape index (κ3) is 2.61. The van der Waals surface area contributed by atoms with Crippen LogP contribution in [0.1, 0.15) is 22.5 Å². The number of pyridine rings is 2. The lowest BCUT2D eigenvalue weighted by Crippen LogP contribution is -2.39. The SMILES string of the molecule is c1ccc(N2c3ccccc3C(c3ccccn3)(c3ccccn3)c3ccccc32)cc1. The van der Waals surface area contributed by atoms with E-state index in [9.17, 15) is 0 Å². The van der Waals surface area contributed by atoms with Crippen LogP contribution in [0.3, 0.4) is 0 Å². The van der Waals surface area contributed by atoms with E-state index in [1.54, 1.807) is 0 Å². The van der Waals surface area contributed by atoms with Gasteiger partial charge in [-0.15, -0.1) is 0 Å². The van der Waals surface area contributed by atoms with Crippen molar-refractivity contribution in [2.75, 3.05) is 4.90 Å². The van der Waals surface area contributed by atoms with E-state index >= 15 is 0 Å². The van der Waals surface area contributed by atoms with Crippen LogP contribution in [0.15, 0.2) is 128 Å². The molecule has 0 atom stereocenters. The van der Waals surface area contributed by atoms with Gasteiger partial charge in [0.25, 0.3) is 0 Å². The van der Waals surface area contributed by atoms with Gasteiger partial charge in [0.05, 0.1) is 22.8 Å². The Morgan fingerprint density at radius 3 is 1.44 bits per heavy atom. The Morgan fingerprint density at radius 2 is 0.938 bits per heavy atom. The molecule has 0 N–H and O–H groups in total. The molecule has 0 spiro atoms. The first-order chi connectivity index (χ1) is 15.9. The zero-order valence-corrected chi connectivity index (χ0v) is 17.5. The standard InChI is InChI=1S/C29H21N3/c1-2-12-22(13-3-1)32-25-16-6-4-14-23(25)29(27-18-8-10-20-30-27,28-19-9-11-21-31-28)24-15-5-7-17-26(24)32/h1-21H. The summed E-state index contributed by atoms with van der Waals surface area (Å²) in [7, 11) is 0. The molecule has 0 fully saturated rings.